The number of nitrogens with zero attached hydrogens (tertiary/aromatic N) is 5. The second-order valence-corrected chi connectivity index (χ2v) is 7.32. The van der Waals surface area contributed by atoms with Crippen LogP contribution in [0.4, 0.5) is 4.79 Å². The van der Waals surface area contributed by atoms with Gasteiger partial charge in [0.1, 0.15) is 17.4 Å². The average molecular weight is 416 g/mol. The van der Waals surface area contributed by atoms with Crippen molar-refractivity contribution in [2.24, 2.45) is 0 Å². The topological polar surface area (TPSA) is 123 Å². The van der Waals surface area contributed by atoms with Crippen LogP contribution in [-0.4, -0.2) is 49.4 Å². The molecule has 0 radical (unpaired) electrons. The number of carbonyl (C=O) groups excluding carboxylic acids is 3. The van der Waals surface area contributed by atoms with Gasteiger partial charge in [0.15, 0.2) is 5.76 Å². The van der Waals surface area contributed by atoms with Gasteiger partial charge in [-0.3, -0.25) is 14.5 Å². The Kier molecular flexibility index (Phi) is 4.14. The van der Waals surface area contributed by atoms with Gasteiger partial charge in [-0.2, -0.15) is 0 Å². The third-order valence-electron chi connectivity index (χ3n) is 5.31. The molecule has 0 spiro atoms. The number of carbonyl (C=O) groups is 3. The summed E-state index contributed by atoms with van der Waals surface area (Å²) in [6.07, 6.45) is 1.43. The zero-order valence-corrected chi connectivity index (χ0v) is 16.3. The number of benzene rings is 2. The van der Waals surface area contributed by atoms with Crippen molar-refractivity contribution in [1.82, 2.24) is 30.4 Å². The standard InChI is InChI=1S/C21H16N6O4/c1-21(14-6-4-7-15(10-14)27-12-22-24-25-27)19(29)26(20(30)23-21)11-16(28)18-9-13-5-2-3-8-17(13)31-18/h2-10,12H,11H2,1H3,(H,23,30). The molecule has 3 heterocycles. The Morgan fingerprint density at radius 1 is 1.13 bits per heavy atom. The van der Waals surface area contributed by atoms with Gasteiger partial charge < -0.3 is 9.73 Å². The third kappa shape index (κ3) is 3.05. The maximum atomic E-state index is 13.2. The van der Waals surface area contributed by atoms with E-state index in [1.807, 2.05) is 12.1 Å². The lowest BCUT2D eigenvalue weighted by Gasteiger charge is -2.22. The first-order valence-electron chi connectivity index (χ1n) is 9.45. The quantitative estimate of drug-likeness (QED) is 0.390. The predicted octanol–water partition coefficient (Wildman–Crippen LogP) is 2.06. The van der Waals surface area contributed by atoms with Crippen molar-refractivity contribution in [2.75, 3.05) is 6.54 Å². The molecule has 0 bridgehead atoms. The Bertz CT molecular complexity index is 1300. The molecule has 0 aliphatic carbocycles. The van der Waals surface area contributed by atoms with Gasteiger partial charge in [-0.25, -0.2) is 9.48 Å². The lowest BCUT2D eigenvalue weighted by molar-refractivity contribution is -0.130. The number of ketones is 1. The van der Waals surface area contributed by atoms with E-state index in [2.05, 4.69) is 20.8 Å². The molecule has 4 aromatic rings. The van der Waals surface area contributed by atoms with Crippen LogP contribution in [0.3, 0.4) is 0 Å². The summed E-state index contributed by atoms with van der Waals surface area (Å²) in [6, 6.07) is 15.1. The van der Waals surface area contributed by atoms with Crippen LogP contribution in [-0.2, 0) is 10.3 Å². The molecule has 1 N–H and O–H groups in total. The molecule has 1 fully saturated rings. The van der Waals surface area contributed by atoms with Crippen LogP contribution < -0.4 is 5.32 Å². The number of aromatic nitrogens is 4. The van der Waals surface area contributed by atoms with Crippen molar-refractivity contribution in [3.63, 3.8) is 0 Å². The van der Waals surface area contributed by atoms with E-state index in [9.17, 15) is 14.4 Å². The molecule has 31 heavy (non-hydrogen) atoms. The van der Waals surface area contributed by atoms with Crippen LogP contribution in [0.25, 0.3) is 16.7 Å². The summed E-state index contributed by atoms with van der Waals surface area (Å²) in [5, 5.41) is 14.5. The summed E-state index contributed by atoms with van der Waals surface area (Å²) in [5.74, 6) is -0.904. The lowest BCUT2D eigenvalue weighted by Crippen LogP contribution is -2.41. The van der Waals surface area contributed by atoms with Crippen molar-refractivity contribution in [2.45, 2.75) is 12.5 Å². The molecule has 1 aliphatic heterocycles. The summed E-state index contributed by atoms with van der Waals surface area (Å²) in [6.45, 7) is 1.17. The Hall–Kier alpha value is -4.34. The number of hydrogen-bond acceptors (Lipinski definition) is 7. The normalized spacial score (nSPS) is 18.5. The molecule has 1 unspecified atom stereocenters. The number of tetrazole rings is 1. The first kappa shape index (κ1) is 18.7. The zero-order chi connectivity index (χ0) is 21.6. The van der Waals surface area contributed by atoms with Crippen LogP contribution in [0, 0.1) is 0 Å². The number of para-hydroxylation sites is 1. The largest absolute Gasteiger partial charge is 0.453 e. The van der Waals surface area contributed by atoms with Crippen molar-refractivity contribution in [3.05, 3.63) is 72.2 Å². The molecule has 3 amide bonds. The van der Waals surface area contributed by atoms with E-state index in [0.717, 1.165) is 10.3 Å². The number of nitrogens with one attached hydrogen (secondary N) is 1. The fraction of sp³-hybridized carbons (Fsp3) is 0.143. The molecule has 0 saturated carbocycles. The number of Topliss-reactive ketones (excluding diaryl/α,β-unsaturated/α-hetero) is 1. The number of imide groups is 1. The average Bonchev–Trinajstić information content (AvgIpc) is 3.50. The summed E-state index contributed by atoms with van der Waals surface area (Å²) in [4.78, 5) is 39.4. The van der Waals surface area contributed by atoms with E-state index in [-0.39, 0.29) is 5.76 Å². The van der Waals surface area contributed by atoms with Crippen molar-refractivity contribution in [3.8, 4) is 5.69 Å². The van der Waals surface area contributed by atoms with Gasteiger partial charge in [0.2, 0.25) is 5.78 Å². The lowest BCUT2D eigenvalue weighted by atomic mass is 9.91. The monoisotopic (exact) mass is 416 g/mol. The van der Waals surface area contributed by atoms with Gasteiger partial charge in [-0.15, -0.1) is 5.10 Å². The molecule has 1 atom stereocenters. The molecule has 5 rings (SSSR count). The van der Waals surface area contributed by atoms with Gasteiger partial charge in [0, 0.05) is 5.39 Å². The predicted molar refractivity (Wildman–Crippen MR) is 107 cm³/mol. The fourth-order valence-electron chi connectivity index (χ4n) is 3.62. The SMILES string of the molecule is CC1(c2cccc(-n3cnnn3)c2)NC(=O)N(CC(=O)c2cc3ccccc3o2)C1=O. The Morgan fingerprint density at radius 2 is 1.97 bits per heavy atom. The molecule has 154 valence electrons. The second-order valence-electron chi connectivity index (χ2n) is 7.32. The second kappa shape index (κ2) is 6.87. The Balaban J connectivity index is 1.41. The first-order chi connectivity index (χ1) is 15.0. The minimum Gasteiger partial charge on any atom is -0.453 e. The number of urea groups is 1. The van der Waals surface area contributed by atoms with Gasteiger partial charge in [-0.1, -0.05) is 30.3 Å². The molecule has 10 heteroatoms. The maximum Gasteiger partial charge on any atom is 0.325 e. The molecule has 10 nitrogen and oxygen atoms in total. The molecule has 2 aromatic carbocycles. The highest BCUT2D eigenvalue weighted by Crippen LogP contribution is 2.30. The molecular formula is C21H16N6O4. The summed E-state index contributed by atoms with van der Waals surface area (Å²) < 4.78 is 7.00. The van der Waals surface area contributed by atoms with Crippen molar-refractivity contribution < 1.29 is 18.8 Å². The zero-order valence-electron chi connectivity index (χ0n) is 16.3. The number of hydrogen-bond donors (Lipinski definition) is 1. The van der Waals surface area contributed by atoms with Crippen LogP contribution in [0.5, 0.6) is 0 Å². The van der Waals surface area contributed by atoms with Crippen LogP contribution in [0.15, 0.2) is 65.3 Å². The summed E-state index contributed by atoms with van der Waals surface area (Å²) in [5.41, 5.74) is 0.391. The van der Waals surface area contributed by atoms with Crippen molar-refractivity contribution >= 4 is 28.7 Å². The molecule has 1 saturated heterocycles. The van der Waals surface area contributed by atoms with Gasteiger partial charge in [0.05, 0.1) is 12.2 Å². The highest BCUT2D eigenvalue weighted by molar-refractivity contribution is 6.11. The van der Waals surface area contributed by atoms with Crippen LogP contribution >= 0.6 is 0 Å². The molecular weight excluding hydrogens is 400 g/mol. The van der Waals surface area contributed by atoms with E-state index >= 15 is 0 Å². The molecule has 1 aliphatic rings. The Labute approximate surface area is 175 Å². The third-order valence-corrected chi connectivity index (χ3v) is 5.31. The molecule has 2 aromatic heterocycles. The van der Waals surface area contributed by atoms with E-state index < -0.39 is 29.8 Å². The number of rotatable bonds is 5. The Morgan fingerprint density at radius 3 is 2.74 bits per heavy atom. The number of fused-ring (bicyclic) bond motifs is 1. The number of furan rings is 1. The van der Waals surface area contributed by atoms with Crippen LogP contribution in [0.2, 0.25) is 0 Å². The van der Waals surface area contributed by atoms with Crippen molar-refractivity contribution in [1.29, 1.82) is 0 Å². The minimum absolute atomic E-state index is 0.0936. The smallest absolute Gasteiger partial charge is 0.325 e. The highest BCUT2D eigenvalue weighted by Gasteiger charge is 2.49. The van der Waals surface area contributed by atoms with E-state index in [1.165, 1.54) is 11.0 Å². The van der Waals surface area contributed by atoms with Gasteiger partial charge in [-0.05, 0) is 47.2 Å². The van der Waals surface area contributed by atoms with Crippen LogP contribution in [0.1, 0.15) is 23.0 Å². The highest BCUT2D eigenvalue weighted by atomic mass is 16.3. The maximum absolute atomic E-state index is 13.2. The van der Waals surface area contributed by atoms with E-state index in [1.54, 1.807) is 49.4 Å². The fourth-order valence-corrected chi connectivity index (χ4v) is 3.62. The van der Waals surface area contributed by atoms with E-state index in [0.29, 0.717) is 16.8 Å². The summed E-state index contributed by atoms with van der Waals surface area (Å²) in [7, 11) is 0. The van der Waals surface area contributed by atoms with Gasteiger partial charge in [0.25, 0.3) is 5.91 Å². The van der Waals surface area contributed by atoms with E-state index in [4.69, 9.17) is 4.42 Å². The first-order valence-corrected chi connectivity index (χ1v) is 9.45. The minimum atomic E-state index is -1.34. The van der Waals surface area contributed by atoms with Gasteiger partial charge >= 0.3 is 6.03 Å². The number of amides is 3. The summed E-state index contributed by atoms with van der Waals surface area (Å²) >= 11 is 0.